The van der Waals surface area contributed by atoms with E-state index in [9.17, 15) is 51.8 Å². The van der Waals surface area contributed by atoms with Gasteiger partial charge < -0.3 is 51.8 Å². The molecular weight excluding hydrogens is 371 g/mol. The van der Waals surface area contributed by atoms with Gasteiger partial charge in [0.15, 0.2) is 6.20 Å². The second-order valence-corrected chi connectivity index (χ2v) is 3.43. The summed E-state index contributed by atoms with van der Waals surface area (Å²) >= 11 is 0. The SMILES string of the molecule is C=Cc1cccc[n+]1C.F[B-](F)(F)F.F[B-](F)(F)F.F[B-](F)(F)F. The van der Waals surface area contributed by atoms with Crippen LogP contribution in [0.2, 0.25) is 0 Å². The van der Waals surface area contributed by atoms with Crippen LogP contribution in [0.25, 0.3) is 6.08 Å². The highest BCUT2D eigenvalue weighted by Gasteiger charge is 2.21. The zero-order chi connectivity index (χ0) is 20.2. The molecule has 0 radical (unpaired) electrons. The number of rotatable bonds is 1. The molecule has 0 atom stereocenters. The maximum atomic E-state index is 9.75. The molecule has 0 saturated heterocycles. The van der Waals surface area contributed by atoms with Gasteiger partial charge in [-0.3, -0.25) is 0 Å². The van der Waals surface area contributed by atoms with E-state index in [-0.39, 0.29) is 0 Å². The van der Waals surface area contributed by atoms with E-state index in [1.807, 2.05) is 42.1 Å². The van der Waals surface area contributed by atoms with Gasteiger partial charge in [0.25, 0.3) is 0 Å². The minimum absolute atomic E-state index is 1.14. The summed E-state index contributed by atoms with van der Waals surface area (Å²) in [6.07, 6.45) is 3.83. The third kappa shape index (κ3) is 59.3. The van der Waals surface area contributed by atoms with Gasteiger partial charge in [-0.2, -0.15) is 0 Å². The predicted octanol–water partition coefficient (Wildman–Crippen LogP) is 5.05. The van der Waals surface area contributed by atoms with E-state index < -0.39 is 21.8 Å². The first-order valence-electron chi connectivity index (χ1n) is 5.53. The number of pyridine rings is 1. The summed E-state index contributed by atoms with van der Waals surface area (Å²) in [5.74, 6) is 0. The molecule has 0 fully saturated rings. The van der Waals surface area contributed by atoms with E-state index in [2.05, 4.69) is 6.58 Å². The quantitative estimate of drug-likeness (QED) is 0.364. The van der Waals surface area contributed by atoms with Crippen LogP contribution in [0.4, 0.5) is 51.8 Å². The van der Waals surface area contributed by atoms with Crippen molar-refractivity contribution in [2.45, 2.75) is 0 Å². The lowest BCUT2D eigenvalue weighted by Gasteiger charge is -1.94. The lowest BCUT2D eigenvalue weighted by Crippen LogP contribution is -2.30. The van der Waals surface area contributed by atoms with Crippen LogP contribution in [0.15, 0.2) is 31.0 Å². The lowest BCUT2D eigenvalue weighted by atomic mass is 10.3. The maximum Gasteiger partial charge on any atom is 0.673 e. The summed E-state index contributed by atoms with van der Waals surface area (Å²) in [4.78, 5) is 0. The highest BCUT2D eigenvalue weighted by molar-refractivity contribution is 6.50. The molecule has 0 aliphatic carbocycles. The average Bonchev–Trinajstić information content (AvgIpc) is 2.22. The second-order valence-electron chi connectivity index (χ2n) is 3.43. The molecule has 0 aliphatic heterocycles. The summed E-state index contributed by atoms with van der Waals surface area (Å²) in [5, 5.41) is 0. The monoisotopic (exact) mass is 381 g/mol. The van der Waals surface area contributed by atoms with Gasteiger partial charge in [0.05, 0.1) is 0 Å². The van der Waals surface area contributed by atoms with Crippen LogP contribution in [0, 0.1) is 0 Å². The molecule has 142 valence electrons. The first-order chi connectivity index (χ1) is 10.3. The molecule has 1 heterocycles. The first-order valence-corrected chi connectivity index (χ1v) is 5.53. The van der Waals surface area contributed by atoms with Crippen LogP contribution in [0.5, 0.6) is 0 Å². The van der Waals surface area contributed by atoms with Gasteiger partial charge in [-0.1, -0.05) is 6.58 Å². The topological polar surface area (TPSA) is 3.88 Å². The van der Waals surface area contributed by atoms with Crippen molar-refractivity contribution in [3.63, 3.8) is 0 Å². The van der Waals surface area contributed by atoms with Crippen molar-refractivity contribution in [3.05, 3.63) is 36.7 Å². The second kappa shape index (κ2) is 11.7. The number of aryl methyl sites for hydroxylation is 1. The van der Waals surface area contributed by atoms with Gasteiger partial charge in [-0.15, -0.1) is 0 Å². The zero-order valence-corrected chi connectivity index (χ0v) is 11.8. The summed E-state index contributed by atoms with van der Waals surface area (Å²) in [7, 11) is -16.0. The van der Waals surface area contributed by atoms with Gasteiger partial charge >= 0.3 is 21.8 Å². The van der Waals surface area contributed by atoms with Crippen LogP contribution in [-0.2, 0) is 7.05 Å². The highest BCUT2D eigenvalue weighted by atomic mass is 19.5. The maximum absolute atomic E-state index is 9.75. The van der Waals surface area contributed by atoms with Crippen LogP contribution >= 0.6 is 0 Å². The van der Waals surface area contributed by atoms with Crippen molar-refractivity contribution in [1.29, 1.82) is 0 Å². The zero-order valence-electron chi connectivity index (χ0n) is 11.8. The van der Waals surface area contributed by atoms with Gasteiger partial charge in [-0.05, 0) is 6.07 Å². The summed E-state index contributed by atoms with van der Waals surface area (Å²) in [5.41, 5.74) is 1.14. The fourth-order valence-corrected chi connectivity index (χ4v) is 0.749. The molecule has 24 heavy (non-hydrogen) atoms. The van der Waals surface area contributed by atoms with Gasteiger partial charge in [0, 0.05) is 18.2 Å². The normalized spacial score (nSPS) is 10.9. The van der Waals surface area contributed by atoms with E-state index in [1.165, 1.54) is 0 Å². The molecule has 0 saturated carbocycles. The number of halogens is 12. The van der Waals surface area contributed by atoms with Crippen LogP contribution in [0.3, 0.4) is 0 Å². The summed E-state index contributed by atoms with van der Waals surface area (Å²) in [6.45, 7) is 3.67. The number of hydrogen-bond donors (Lipinski definition) is 0. The average molecular weight is 381 g/mol. The number of aromatic nitrogens is 1. The Balaban J connectivity index is -0.000000259. The Labute approximate surface area is 129 Å². The van der Waals surface area contributed by atoms with Crippen LogP contribution in [-0.4, -0.2) is 21.8 Å². The molecule has 0 spiro atoms. The number of hydrogen-bond acceptors (Lipinski definition) is 0. The molecule has 0 aromatic carbocycles. The molecular formula is C8H10B3F12N-2. The minimum atomic E-state index is -6.00. The van der Waals surface area contributed by atoms with E-state index in [1.54, 1.807) is 0 Å². The third-order valence-corrected chi connectivity index (χ3v) is 1.30. The Bertz CT molecular complexity index is 408. The molecule has 1 aromatic rings. The lowest BCUT2D eigenvalue weighted by molar-refractivity contribution is -0.673. The highest BCUT2D eigenvalue weighted by Crippen LogP contribution is 2.07. The van der Waals surface area contributed by atoms with E-state index in [4.69, 9.17) is 0 Å². The van der Waals surface area contributed by atoms with Gasteiger partial charge in [0.1, 0.15) is 7.05 Å². The molecule has 1 nitrogen and oxygen atoms in total. The number of nitrogens with zero attached hydrogens (tertiary/aromatic N) is 1. The van der Waals surface area contributed by atoms with Gasteiger partial charge in [-0.25, -0.2) is 4.57 Å². The third-order valence-electron chi connectivity index (χ3n) is 1.30. The largest absolute Gasteiger partial charge is 0.673 e. The fourth-order valence-electron chi connectivity index (χ4n) is 0.749. The Hall–Kier alpha value is -1.76. The molecule has 1 aromatic heterocycles. The minimum Gasteiger partial charge on any atom is -0.418 e. The first kappa shape index (κ1) is 27.1. The molecule has 0 N–H and O–H groups in total. The van der Waals surface area contributed by atoms with E-state index >= 15 is 0 Å². The molecule has 0 bridgehead atoms. The summed E-state index contributed by atoms with van der Waals surface area (Å²) in [6, 6.07) is 6.01. The Kier molecular flexibility index (Phi) is 13.2. The summed E-state index contributed by atoms with van der Waals surface area (Å²) < 4.78 is 119. The van der Waals surface area contributed by atoms with E-state index in [0.29, 0.717) is 0 Å². The Morgan fingerprint density at radius 3 is 1.21 bits per heavy atom. The van der Waals surface area contributed by atoms with Crippen molar-refractivity contribution < 1.29 is 56.4 Å². The molecule has 0 unspecified atom stereocenters. The predicted molar refractivity (Wildman–Crippen MR) is 68.3 cm³/mol. The van der Waals surface area contributed by atoms with Crippen molar-refractivity contribution in [3.8, 4) is 0 Å². The van der Waals surface area contributed by atoms with E-state index in [0.717, 1.165) is 5.69 Å². The van der Waals surface area contributed by atoms with Crippen molar-refractivity contribution in [2.75, 3.05) is 0 Å². The smallest absolute Gasteiger partial charge is 0.418 e. The Morgan fingerprint density at radius 1 is 0.750 bits per heavy atom. The van der Waals surface area contributed by atoms with Crippen molar-refractivity contribution in [1.82, 2.24) is 0 Å². The molecule has 1 rings (SSSR count). The van der Waals surface area contributed by atoms with Crippen molar-refractivity contribution in [2.24, 2.45) is 7.05 Å². The molecule has 16 heteroatoms. The van der Waals surface area contributed by atoms with Crippen LogP contribution < -0.4 is 4.57 Å². The molecule has 0 amide bonds. The van der Waals surface area contributed by atoms with Crippen molar-refractivity contribution >= 4 is 27.8 Å². The molecule has 0 aliphatic rings. The van der Waals surface area contributed by atoms with Crippen LogP contribution in [0.1, 0.15) is 5.69 Å². The Morgan fingerprint density at radius 2 is 1.04 bits per heavy atom. The van der Waals surface area contributed by atoms with Gasteiger partial charge in [0.2, 0.25) is 5.69 Å². The standard InChI is InChI=1S/C8H10N.3BF4/c1-3-8-6-4-5-7-9(8)2;3*2-1(3,4)5/h3-7H,1H2,2H3;;;/q+1;3*-1. The fraction of sp³-hybridized carbons (Fsp3) is 0.125.